The fraction of sp³-hybridized carbons (Fsp3) is 0.316. The summed E-state index contributed by atoms with van der Waals surface area (Å²) in [5.41, 5.74) is 3.48. The summed E-state index contributed by atoms with van der Waals surface area (Å²) in [7, 11) is 3.19. The number of ether oxygens (including phenoxy) is 2. The van der Waals surface area contributed by atoms with Gasteiger partial charge in [-0.3, -0.25) is 4.79 Å². The first-order chi connectivity index (χ1) is 11.6. The molecule has 2 aromatic carbocycles. The van der Waals surface area contributed by atoms with E-state index in [1.54, 1.807) is 14.2 Å². The second kappa shape index (κ2) is 7.26. The average Bonchev–Trinajstić information content (AvgIpc) is 2.62. The standard InChI is InChI=1S/C19H20BrNO3/c1-23-17-9-15(16(20)11-18(17)24-2)10-19(22)21-8-7-13-5-3-4-6-14(13)12-21/h3-6,9,11H,7-8,10,12H2,1-2H3. The van der Waals surface area contributed by atoms with Gasteiger partial charge in [-0.15, -0.1) is 0 Å². The molecule has 1 aliphatic heterocycles. The maximum atomic E-state index is 12.7. The van der Waals surface area contributed by atoms with Gasteiger partial charge in [-0.1, -0.05) is 40.2 Å². The minimum atomic E-state index is 0.123. The van der Waals surface area contributed by atoms with E-state index in [1.165, 1.54) is 11.1 Å². The molecule has 126 valence electrons. The summed E-state index contributed by atoms with van der Waals surface area (Å²) in [4.78, 5) is 14.6. The van der Waals surface area contributed by atoms with E-state index in [-0.39, 0.29) is 5.91 Å². The molecule has 1 aliphatic rings. The van der Waals surface area contributed by atoms with Crippen LogP contribution in [0.4, 0.5) is 0 Å². The second-order valence-electron chi connectivity index (χ2n) is 5.81. The number of amides is 1. The lowest BCUT2D eigenvalue weighted by atomic mass is 9.99. The minimum Gasteiger partial charge on any atom is -0.493 e. The fourth-order valence-corrected chi connectivity index (χ4v) is 3.48. The zero-order valence-electron chi connectivity index (χ0n) is 13.8. The van der Waals surface area contributed by atoms with Crippen molar-refractivity contribution in [2.24, 2.45) is 0 Å². The Labute approximate surface area is 150 Å². The molecular formula is C19H20BrNO3. The van der Waals surface area contributed by atoms with Crippen molar-refractivity contribution in [3.63, 3.8) is 0 Å². The lowest BCUT2D eigenvalue weighted by Gasteiger charge is -2.29. The highest BCUT2D eigenvalue weighted by Gasteiger charge is 2.21. The lowest BCUT2D eigenvalue weighted by Crippen LogP contribution is -2.36. The molecule has 2 aromatic rings. The third-order valence-corrected chi connectivity index (χ3v) is 5.12. The second-order valence-corrected chi connectivity index (χ2v) is 6.66. The number of benzene rings is 2. The van der Waals surface area contributed by atoms with Crippen LogP contribution in [-0.4, -0.2) is 31.6 Å². The number of methoxy groups -OCH3 is 2. The minimum absolute atomic E-state index is 0.123. The number of halogens is 1. The first kappa shape index (κ1) is 16.8. The summed E-state index contributed by atoms with van der Waals surface area (Å²) in [6, 6.07) is 12.0. The molecule has 24 heavy (non-hydrogen) atoms. The van der Waals surface area contributed by atoms with E-state index in [0.717, 1.165) is 23.0 Å². The van der Waals surface area contributed by atoms with Crippen molar-refractivity contribution in [2.75, 3.05) is 20.8 Å². The lowest BCUT2D eigenvalue weighted by molar-refractivity contribution is -0.131. The van der Waals surface area contributed by atoms with Crippen LogP contribution in [0, 0.1) is 0 Å². The van der Waals surface area contributed by atoms with E-state index in [2.05, 4.69) is 34.1 Å². The maximum absolute atomic E-state index is 12.7. The summed E-state index contributed by atoms with van der Waals surface area (Å²) >= 11 is 3.52. The quantitative estimate of drug-likeness (QED) is 0.801. The fourth-order valence-electron chi connectivity index (χ4n) is 3.02. The zero-order chi connectivity index (χ0) is 17.1. The Morgan fingerprint density at radius 1 is 1.12 bits per heavy atom. The molecule has 4 nitrogen and oxygen atoms in total. The average molecular weight is 390 g/mol. The van der Waals surface area contributed by atoms with Gasteiger partial charge >= 0.3 is 0 Å². The van der Waals surface area contributed by atoms with Crippen molar-refractivity contribution in [2.45, 2.75) is 19.4 Å². The van der Waals surface area contributed by atoms with Gasteiger partial charge in [0, 0.05) is 17.6 Å². The van der Waals surface area contributed by atoms with Crippen LogP contribution in [0.3, 0.4) is 0 Å². The molecular weight excluding hydrogens is 370 g/mol. The smallest absolute Gasteiger partial charge is 0.227 e. The molecule has 0 atom stereocenters. The molecule has 0 N–H and O–H groups in total. The normalized spacial score (nSPS) is 13.4. The summed E-state index contributed by atoms with van der Waals surface area (Å²) < 4.78 is 11.5. The van der Waals surface area contributed by atoms with Gasteiger partial charge in [0.25, 0.3) is 0 Å². The third kappa shape index (κ3) is 3.41. The number of rotatable bonds is 4. The summed E-state index contributed by atoms with van der Waals surface area (Å²) in [6.07, 6.45) is 1.25. The Kier molecular flexibility index (Phi) is 5.09. The molecule has 0 bridgehead atoms. The van der Waals surface area contributed by atoms with Crippen molar-refractivity contribution in [1.29, 1.82) is 0 Å². The number of hydrogen-bond acceptors (Lipinski definition) is 3. The van der Waals surface area contributed by atoms with Gasteiger partial charge in [-0.05, 0) is 35.2 Å². The van der Waals surface area contributed by atoms with Crippen LogP contribution in [0.15, 0.2) is 40.9 Å². The molecule has 0 spiro atoms. The topological polar surface area (TPSA) is 38.8 Å². The van der Waals surface area contributed by atoms with Gasteiger partial charge < -0.3 is 14.4 Å². The van der Waals surface area contributed by atoms with Gasteiger partial charge in [-0.2, -0.15) is 0 Å². The van der Waals surface area contributed by atoms with E-state index >= 15 is 0 Å². The third-order valence-electron chi connectivity index (χ3n) is 4.38. The van der Waals surface area contributed by atoms with Crippen LogP contribution in [0.25, 0.3) is 0 Å². The van der Waals surface area contributed by atoms with Crippen LogP contribution in [0.1, 0.15) is 16.7 Å². The monoisotopic (exact) mass is 389 g/mol. The van der Waals surface area contributed by atoms with Crippen LogP contribution >= 0.6 is 15.9 Å². The van der Waals surface area contributed by atoms with Crippen molar-refractivity contribution in [3.05, 3.63) is 57.6 Å². The molecule has 5 heteroatoms. The first-order valence-electron chi connectivity index (χ1n) is 7.87. The van der Waals surface area contributed by atoms with Crippen LogP contribution in [0.2, 0.25) is 0 Å². The molecule has 1 heterocycles. The van der Waals surface area contributed by atoms with Crippen molar-refractivity contribution in [3.8, 4) is 11.5 Å². The van der Waals surface area contributed by atoms with Crippen molar-refractivity contribution < 1.29 is 14.3 Å². The Hall–Kier alpha value is -2.01. The number of fused-ring (bicyclic) bond motifs is 1. The van der Waals surface area contributed by atoms with Gasteiger partial charge in [0.15, 0.2) is 11.5 Å². The predicted octanol–water partition coefficient (Wildman–Crippen LogP) is 3.59. The molecule has 0 saturated carbocycles. The first-order valence-corrected chi connectivity index (χ1v) is 8.66. The number of hydrogen-bond donors (Lipinski definition) is 0. The SMILES string of the molecule is COc1cc(Br)c(CC(=O)N2CCc3ccccc3C2)cc1OC. The molecule has 0 unspecified atom stereocenters. The zero-order valence-corrected chi connectivity index (χ0v) is 15.4. The Morgan fingerprint density at radius 2 is 1.79 bits per heavy atom. The van der Waals surface area contributed by atoms with Gasteiger partial charge in [0.05, 0.1) is 20.6 Å². The number of nitrogens with zero attached hydrogens (tertiary/aromatic N) is 1. The summed E-state index contributed by atoms with van der Waals surface area (Å²) in [5.74, 6) is 1.40. The molecule has 0 aromatic heterocycles. The Balaban J connectivity index is 1.76. The van der Waals surface area contributed by atoms with E-state index < -0.39 is 0 Å². The van der Waals surface area contributed by atoms with E-state index in [0.29, 0.717) is 24.5 Å². The van der Waals surface area contributed by atoms with Crippen LogP contribution in [-0.2, 0) is 24.2 Å². The number of carbonyl (C=O) groups excluding carboxylic acids is 1. The molecule has 0 fully saturated rings. The summed E-state index contributed by atoms with van der Waals surface area (Å²) in [5, 5.41) is 0. The molecule has 0 saturated heterocycles. The molecule has 1 amide bonds. The van der Waals surface area contributed by atoms with E-state index in [4.69, 9.17) is 9.47 Å². The van der Waals surface area contributed by atoms with Gasteiger partial charge in [0.1, 0.15) is 0 Å². The van der Waals surface area contributed by atoms with Crippen molar-refractivity contribution >= 4 is 21.8 Å². The van der Waals surface area contributed by atoms with Crippen LogP contribution in [0.5, 0.6) is 11.5 Å². The van der Waals surface area contributed by atoms with Gasteiger partial charge in [-0.25, -0.2) is 0 Å². The van der Waals surface area contributed by atoms with Gasteiger partial charge in [0.2, 0.25) is 5.91 Å². The molecule has 0 aliphatic carbocycles. The Bertz CT molecular complexity index is 760. The largest absolute Gasteiger partial charge is 0.493 e. The van der Waals surface area contributed by atoms with Crippen LogP contribution < -0.4 is 9.47 Å². The predicted molar refractivity (Wildman–Crippen MR) is 96.5 cm³/mol. The molecule has 3 rings (SSSR count). The highest BCUT2D eigenvalue weighted by molar-refractivity contribution is 9.10. The highest BCUT2D eigenvalue weighted by Crippen LogP contribution is 2.34. The molecule has 0 radical (unpaired) electrons. The summed E-state index contributed by atoms with van der Waals surface area (Å²) in [6.45, 7) is 1.45. The number of carbonyl (C=O) groups is 1. The highest BCUT2D eigenvalue weighted by atomic mass is 79.9. The van der Waals surface area contributed by atoms with E-state index in [9.17, 15) is 4.79 Å². The maximum Gasteiger partial charge on any atom is 0.227 e. The van der Waals surface area contributed by atoms with E-state index in [1.807, 2.05) is 23.1 Å². The Morgan fingerprint density at radius 3 is 2.50 bits per heavy atom. The van der Waals surface area contributed by atoms with Crippen molar-refractivity contribution in [1.82, 2.24) is 4.90 Å².